The standard InChI is InChI=1S/C21H14Cl4N2O2/c22-15-8-6-13(10-17(15)24)26-20(28)19(12-4-2-1-3-5-12)21(29)27-14-7-9-16(23)18(25)11-14/h1-11,19H,(H,26,28)(H,27,29). The van der Waals surface area contributed by atoms with Gasteiger partial charge in [-0.3, -0.25) is 9.59 Å². The molecule has 3 aromatic rings. The van der Waals surface area contributed by atoms with Crippen molar-refractivity contribution >= 4 is 69.6 Å². The molecule has 0 aliphatic carbocycles. The summed E-state index contributed by atoms with van der Waals surface area (Å²) in [6.07, 6.45) is 0. The van der Waals surface area contributed by atoms with Gasteiger partial charge in [0.15, 0.2) is 0 Å². The van der Waals surface area contributed by atoms with Crippen molar-refractivity contribution in [2.45, 2.75) is 5.92 Å². The van der Waals surface area contributed by atoms with Crippen LogP contribution in [-0.2, 0) is 9.59 Å². The monoisotopic (exact) mass is 466 g/mol. The first kappa shape index (κ1) is 21.5. The Morgan fingerprint density at radius 3 is 1.48 bits per heavy atom. The molecular weight excluding hydrogens is 454 g/mol. The average Bonchev–Trinajstić information content (AvgIpc) is 2.68. The lowest BCUT2D eigenvalue weighted by molar-refractivity contribution is -0.125. The largest absolute Gasteiger partial charge is 0.325 e. The molecule has 8 heteroatoms. The number of amides is 2. The van der Waals surface area contributed by atoms with Gasteiger partial charge < -0.3 is 10.6 Å². The van der Waals surface area contributed by atoms with Crippen LogP contribution in [0.15, 0.2) is 66.7 Å². The van der Waals surface area contributed by atoms with E-state index in [-0.39, 0.29) is 0 Å². The van der Waals surface area contributed by atoms with Gasteiger partial charge in [0.05, 0.1) is 20.1 Å². The second kappa shape index (κ2) is 9.51. The van der Waals surface area contributed by atoms with Crippen molar-refractivity contribution in [3.8, 4) is 0 Å². The molecule has 0 bridgehead atoms. The summed E-state index contributed by atoms with van der Waals surface area (Å²) in [4.78, 5) is 25.9. The Kier molecular flexibility index (Phi) is 7.04. The molecule has 0 unspecified atom stereocenters. The zero-order valence-electron chi connectivity index (χ0n) is 14.8. The second-order valence-corrected chi connectivity index (χ2v) is 7.71. The van der Waals surface area contributed by atoms with Gasteiger partial charge in [-0.15, -0.1) is 0 Å². The first-order valence-corrected chi connectivity index (χ1v) is 9.93. The van der Waals surface area contributed by atoms with Gasteiger partial charge in [0, 0.05) is 11.4 Å². The molecule has 3 aromatic carbocycles. The SMILES string of the molecule is O=C(Nc1ccc(Cl)c(Cl)c1)C(C(=O)Nc1ccc(Cl)c(Cl)c1)c1ccccc1. The molecule has 2 N–H and O–H groups in total. The molecule has 0 spiro atoms. The minimum atomic E-state index is -1.11. The van der Waals surface area contributed by atoms with Crippen LogP contribution in [0.25, 0.3) is 0 Å². The third-order valence-corrected chi connectivity index (χ3v) is 5.51. The van der Waals surface area contributed by atoms with Crippen LogP contribution in [0.1, 0.15) is 11.5 Å². The number of carbonyl (C=O) groups is 2. The quantitative estimate of drug-likeness (QED) is 0.412. The van der Waals surface area contributed by atoms with Crippen LogP contribution in [0.5, 0.6) is 0 Å². The summed E-state index contributed by atoms with van der Waals surface area (Å²) < 4.78 is 0. The summed E-state index contributed by atoms with van der Waals surface area (Å²) in [6.45, 7) is 0. The molecule has 148 valence electrons. The molecule has 0 aliphatic heterocycles. The topological polar surface area (TPSA) is 58.2 Å². The summed E-state index contributed by atoms with van der Waals surface area (Å²) in [7, 11) is 0. The number of hydrogen-bond acceptors (Lipinski definition) is 2. The van der Waals surface area contributed by atoms with E-state index >= 15 is 0 Å². The number of halogens is 4. The lowest BCUT2D eigenvalue weighted by atomic mass is 9.97. The molecule has 0 heterocycles. The van der Waals surface area contributed by atoms with Gasteiger partial charge >= 0.3 is 0 Å². The Labute approximate surface area is 187 Å². The highest BCUT2D eigenvalue weighted by atomic mass is 35.5. The van der Waals surface area contributed by atoms with E-state index in [1.807, 2.05) is 0 Å². The number of rotatable bonds is 5. The molecule has 2 amide bonds. The summed E-state index contributed by atoms with van der Waals surface area (Å²) in [5.41, 5.74) is 1.38. The third kappa shape index (κ3) is 5.43. The highest BCUT2D eigenvalue weighted by molar-refractivity contribution is 6.42. The smallest absolute Gasteiger partial charge is 0.241 e. The number of anilines is 2. The summed E-state index contributed by atoms with van der Waals surface area (Å²) in [6, 6.07) is 18.1. The van der Waals surface area contributed by atoms with Gasteiger partial charge in [-0.1, -0.05) is 76.7 Å². The van der Waals surface area contributed by atoms with Crippen molar-refractivity contribution < 1.29 is 9.59 Å². The van der Waals surface area contributed by atoms with Crippen LogP contribution >= 0.6 is 46.4 Å². The zero-order chi connectivity index (χ0) is 21.0. The molecular formula is C21H14Cl4N2O2. The van der Waals surface area contributed by atoms with Crippen LogP contribution in [0.4, 0.5) is 11.4 Å². The van der Waals surface area contributed by atoms with E-state index in [1.165, 1.54) is 12.1 Å². The van der Waals surface area contributed by atoms with Gasteiger partial charge in [0.1, 0.15) is 5.92 Å². The molecule has 0 atom stereocenters. The highest BCUT2D eigenvalue weighted by Crippen LogP contribution is 2.28. The minimum absolute atomic E-state index is 0.293. The van der Waals surface area contributed by atoms with Crippen LogP contribution in [0, 0.1) is 0 Å². The maximum atomic E-state index is 13.0. The Morgan fingerprint density at radius 1 is 0.621 bits per heavy atom. The second-order valence-electron chi connectivity index (χ2n) is 6.08. The van der Waals surface area contributed by atoms with E-state index < -0.39 is 17.7 Å². The fourth-order valence-electron chi connectivity index (χ4n) is 2.64. The minimum Gasteiger partial charge on any atom is -0.325 e. The molecule has 0 saturated heterocycles. The van der Waals surface area contributed by atoms with E-state index in [0.29, 0.717) is 37.0 Å². The molecule has 29 heavy (non-hydrogen) atoms. The number of nitrogens with one attached hydrogen (secondary N) is 2. The van der Waals surface area contributed by atoms with E-state index in [9.17, 15) is 9.59 Å². The van der Waals surface area contributed by atoms with Crippen molar-refractivity contribution in [2.75, 3.05) is 10.6 Å². The number of carbonyl (C=O) groups excluding carboxylic acids is 2. The zero-order valence-corrected chi connectivity index (χ0v) is 17.8. The summed E-state index contributed by atoms with van der Waals surface area (Å²) in [5.74, 6) is -2.15. The Balaban J connectivity index is 1.87. The van der Waals surface area contributed by atoms with Gasteiger partial charge in [0.25, 0.3) is 0 Å². The predicted molar refractivity (Wildman–Crippen MR) is 119 cm³/mol. The van der Waals surface area contributed by atoms with E-state index in [0.717, 1.165) is 0 Å². The van der Waals surface area contributed by atoms with Crippen molar-refractivity contribution in [2.24, 2.45) is 0 Å². The average molecular weight is 468 g/mol. The molecule has 0 saturated carbocycles. The molecule has 0 aliphatic rings. The lowest BCUT2D eigenvalue weighted by Gasteiger charge is -2.18. The van der Waals surface area contributed by atoms with Gasteiger partial charge in [-0.05, 0) is 42.0 Å². The summed E-state index contributed by atoms with van der Waals surface area (Å²) >= 11 is 23.8. The number of benzene rings is 3. The lowest BCUT2D eigenvalue weighted by Crippen LogP contribution is -2.32. The van der Waals surface area contributed by atoms with Crippen LogP contribution in [-0.4, -0.2) is 11.8 Å². The molecule has 4 nitrogen and oxygen atoms in total. The third-order valence-electron chi connectivity index (χ3n) is 4.03. The van der Waals surface area contributed by atoms with Crippen molar-refractivity contribution in [3.63, 3.8) is 0 Å². The first-order chi connectivity index (χ1) is 13.8. The normalized spacial score (nSPS) is 10.7. The Hall–Kier alpha value is -2.24. The van der Waals surface area contributed by atoms with E-state index in [2.05, 4.69) is 10.6 Å². The van der Waals surface area contributed by atoms with E-state index in [4.69, 9.17) is 46.4 Å². The van der Waals surface area contributed by atoms with Crippen molar-refractivity contribution in [3.05, 3.63) is 92.4 Å². The van der Waals surface area contributed by atoms with Gasteiger partial charge in [0.2, 0.25) is 11.8 Å². The van der Waals surface area contributed by atoms with Crippen molar-refractivity contribution in [1.29, 1.82) is 0 Å². The van der Waals surface area contributed by atoms with E-state index in [1.54, 1.807) is 54.6 Å². The fraction of sp³-hybridized carbons (Fsp3) is 0.0476. The number of hydrogen-bond donors (Lipinski definition) is 2. The maximum Gasteiger partial charge on any atom is 0.241 e. The fourth-order valence-corrected chi connectivity index (χ4v) is 3.24. The molecule has 0 fully saturated rings. The Morgan fingerprint density at radius 2 is 1.07 bits per heavy atom. The molecule has 0 aromatic heterocycles. The predicted octanol–water partition coefficient (Wildman–Crippen LogP) is 6.66. The molecule has 0 radical (unpaired) electrons. The van der Waals surface area contributed by atoms with Gasteiger partial charge in [-0.2, -0.15) is 0 Å². The maximum absolute atomic E-state index is 13.0. The highest BCUT2D eigenvalue weighted by Gasteiger charge is 2.29. The summed E-state index contributed by atoms with van der Waals surface area (Å²) in [5, 5.41) is 6.72. The van der Waals surface area contributed by atoms with Crippen molar-refractivity contribution in [1.82, 2.24) is 0 Å². The van der Waals surface area contributed by atoms with Crippen LogP contribution in [0.3, 0.4) is 0 Å². The first-order valence-electron chi connectivity index (χ1n) is 8.42. The molecule has 3 rings (SSSR count). The van der Waals surface area contributed by atoms with Crippen LogP contribution in [0.2, 0.25) is 20.1 Å². The van der Waals surface area contributed by atoms with Crippen LogP contribution < -0.4 is 10.6 Å². The van der Waals surface area contributed by atoms with Gasteiger partial charge in [-0.25, -0.2) is 0 Å². The Bertz CT molecular complexity index is 992.